The van der Waals surface area contributed by atoms with Gasteiger partial charge in [-0.1, -0.05) is 12.1 Å². The summed E-state index contributed by atoms with van der Waals surface area (Å²) in [5.74, 6) is -1.18. The van der Waals surface area contributed by atoms with Crippen molar-refractivity contribution in [3.05, 3.63) is 74.1 Å². The summed E-state index contributed by atoms with van der Waals surface area (Å²) in [4.78, 5) is 34.9. The van der Waals surface area contributed by atoms with Gasteiger partial charge in [0.2, 0.25) is 0 Å². The van der Waals surface area contributed by atoms with Crippen LogP contribution in [0, 0.1) is 10.1 Å². The van der Waals surface area contributed by atoms with Crippen molar-refractivity contribution < 1.29 is 19.6 Å². The van der Waals surface area contributed by atoms with Gasteiger partial charge in [-0.2, -0.15) is 0 Å². The number of pyridine rings is 1. The summed E-state index contributed by atoms with van der Waals surface area (Å²) in [5.41, 5.74) is 5.51. The van der Waals surface area contributed by atoms with Crippen LogP contribution in [0.4, 0.5) is 11.5 Å². The molecule has 0 unspecified atom stereocenters. The van der Waals surface area contributed by atoms with Crippen LogP contribution in [0.25, 0.3) is 10.8 Å². The standard InChI is InChI=1S/C19H17N3O6/c1-28-13-4-2-3-11(9-13)7-8-21-17(20)16(19(24)25)14-6-5-12(22(26)27)10-15(14)18(21)23/h2-6,9-10H,7-8,20H2,1H3,(H,24,25)/p-1. The molecule has 0 spiro atoms. The summed E-state index contributed by atoms with van der Waals surface area (Å²) in [6.07, 6.45) is 0.369. The number of aromatic nitrogens is 1. The first-order valence-corrected chi connectivity index (χ1v) is 8.28. The second-order valence-electron chi connectivity index (χ2n) is 6.09. The Balaban J connectivity index is 2.14. The number of non-ortho nitro benzene ring substituents is 1. The number of aryl methyl sites for hydroxylation is 1. The number of hydrogen-bond acceptors (Lipinski definition) is 7. The van der Waals surface area contributed by atoms with Crippen LogP contribution in [-0.4, -0.2) is 22.6 Å². The lowest BCUT2D eigenvalue weighted by atomic mass is 10.0. The fourth-order valence-corrected chi connectivity index (χ4v) is 3.07. The van der Waals surface area contributed by atoms with E-state index in [2.05, 4.69) is 0 Å². The molecule has 3 aromatic rings. The zero-order valence-corrected chi connectivity index (χ0v) is 14.9. The smallest absolute Gasteiger partial charge is 0.270 e. The van der Waals surface area contributed by atoms with E-state index in [9.17, 15) is 24.8 Å². The number of aromatic carboxylic acids is 1. The number of carboxylic acid groups (broad SMARTS) is 1. The lowest BCUT2D eigenvalue weighted by Crippen LogP contribution is -2.31. The first-order chi connectivity index (χ1) is 13.3. The number of fused-ring (bicyclic) bond motifs is 1. The number of benzene rings is 2. The van der Waals surface area contributed by atoms with Crippen LogP contribution in [-0.2, 0) is 13.0 Å². The molecule has 0 saturated heterocycles. The Labute approximate surface area is 158 Å². The highest BCUT2D eigenvalue weighted by Gasteiger charge is 2.18. The Bertz CT molecular complexity index is 1150. The molecule has 9 nitrogen and oxygen atoms in total. The number of methoxy groups -OCH3 is 1. The topological polar surface area (TPSA) is 141 Å². The first-order valence-electron chi connectivity index (χ1n) is 8.28. The van der Waals surface area contributed by atoms with E-state index in [0.717, 1.165) is 22.3 Å². The third kappa shape index (κ3) is 3.37. The number of nitrogens with zero attached hydrogens (tertiary/aromatic N) is 2. The molecule has 0 aliphatic rings. The Morgan fingerprint density at radius 2 is 1.96 bits per heavy atom. The molecular formula is C19H16N3O6-. The number of anilines is 1. The third-order valence-electron chi connectivity index (χ3n) is 4.47. The molecule has 0 radical (unpaired) electrons. The van der Waals surface area contributed by atoms with E-state index in [0.29, 0.717) is 12.2 Å². The summed E-state index contributed by atoms with van der Waals surface area (Å²) in [7, 11) is 1.53. The van der Waals surface area contributed by atoms with E-state index in [1.165, 1.54) is 13.2 Å². The largest absolute Gasteiger partial charge is 0.545 e. The summed E-state index contributed by atoms with van der Waals surface area (Å²) < 4.78 is 6.25. The Morgan fingerprint density at radius 3 is 2.61 bits per heavy atom. The number of carboxylic acids is 1. The Hall–Kier alpha value is -3.88. The van der Waals surface area contributed by atoms with E-state index >= 15 is 0 Å². The number of carbonyl (C=O) groups is 1. The zero-order valence-electron chi connectivity index (χ0n) is 14.9. The molecule has 0 saturated carbocycles. The molecule has 0 bridgehead atoms. The normalized spacial score (nSPS) is 10.8. The number of nitrogen functional groups attached to an aromatic ring is 1. The van der Waals surface area contributed by atoms with Crippen molar-refractivity contribution in [2.45, 2.75) is 13.0 Å². The summed E-state index contributed by atoms with van der Waals surface area (Å²) in [6.45, 7) is 0.0801. The van der Waals surface area contributed by atoms with Crippen LogP contribution in [0.15, 0.2) is 47.3 Å². The molecular weight excluding hydrogens is 366 g/mol. The SMILES string of the molecule is COc1cccc(CCn2c(N)c(C(=O)[O-])c3ccc([N+](=O)[O-])cc3c2=O)c1. The van der Waals surface area contributed by atoms with Crippen LogP contribution in [0.1, 0.15) is 15.9 Å². The molecule has 1 aromatic heterocycles. The number of rotatable bonds is 6. The van der Waals surface area contributed by atoms with Crippen LogP contribution in [0.5, 0.6) is 5.75 Å². The summed E-state index contributed by atoms with van der Waals surface area (Å²) in [5, 5.41) is 22.5. The number of nitro groups is 1. The van der Waals surface area contributed by atoms with Crippen molar-refractivity contribution in [1.29, 1.82) is 0 Å². The highest BCUT2D eigenvalue weighted by atomic mass is 16.6. The van der Waals surface area contributed by atoms with Crippen molar-refractivity contribution in [2.75, 3.05) is 12.8 Å². The molecule has 2 aromatic carbocycles. The molecule has 2 N–H and O–H groups in total. The van der Waals surface area contributed by atoms with Gasteiger partial charge in [-0.25, -0.2) is 0 Å². The van der Waals surface area contributed by atoms with E-state index in [4.69, 9.17) is 10.5 Å². The molecule has 144 valence electrons. The van der Waals surface area contributed by atoms with Gasteiger partial charge in [0.15, 0.2) is 0 Å². The molecule has 1 heterocycles. The molecule has 9 heteroatoms. The Morgan fingerprint density at radius 1 is 1.21 bits per heavy atom. The maximum Gasteiger partial charge on any atom is 0.270 e. The number of hydrogen-bond donors (Lipinski definition) is 1. The molecule has 0 aliphatic heterocycles. The van der Waals surface area contributed by atoms with Gasteiger partial charge >= 0.3 is 0 Å². The highest BCUT2D eigenvalue weighted by molar-refractivity contribution is 6.06. The van der Waals surface area contributed by atoms with Crippen molar-refractivity contribution in [2.24, 2.45) is 0 Å². The molecule has 0 amide bonds. The maximum atomic E-state index is 12.9. The van der Waals surface area contributed by atoms with E-state index in [-0.39, 0.29) is 34.4 Å². The second kappa shape index (κ2) is 7.39. The van der Waals surface area contributed by atoms with Gasteiger partial charge in [0.1, 0.15) is 11.6 Å². The van der Waals surface area contributed by atoms with E-state index < -0.39 is 16.5 Å². The lowest BCUT2D eigenvalue weighted by molar-refractivity contribution is -0.384. The molecule has 0 fully saturated rings. The number of nitrogens with two attached hydrogens (primary N) is 1. The van der Waals surface area contributed by atoms with E-state index in [1.54, 1.807) is 18.2 Å². The van der Waals surface area contributed by atoms with Gasteiger partial charge < -0.3 is 20.4 Å². The van der Waals surface area contributed by atoms with Crippen molar-refractivity contribution in [3.63, 3.8) is 0 Å². The fraction of sp³-hybridized carbons (Fsp3) is 0.158. The van der Waals surface area contributed by atoms with Crippen LogP contribution in [0.2, 0.25) is 0 Å². The maximum absolute atomic E-state index is 12.9. The van der Waals surface area contributed by atoms with Crippen molar-refractivity contribution >= 4 is 28.2 Å². The van der Waals surface area contributed by atoms with Gasteiger partial charge in [-0.05, 0) is 30.2 Å². The van der Waals surface area contributed by atoms with Gasteiger partial charge in [-0.15, -0.1) is 0 Å². The quantitative estimate of drug-likeness (QED) is 0.497. The minimum atomic E-state index is -1.56. The second-order valence-corrected chi connectivity index (χ2v) is 6.09. The fourth-order valence-electron chi connectivity index (χ4n) is 3.07. The van der Waals surface area contributed by atoms with Gasteiger partial charge in [-0.3, -0.25) is 19.5 Å². The minimum absolute atomic E-state index is 0.00531. The highest BCUT2D eigenvalue weighted by Crippen LogP contribution is 2.25. The van der Waals surface area contributed by atoms with Crippen LogP contribution < -0.4 is 21.1 Å². The van der Waals surface area contributed by atoms with Crippen LogP contribution >= 0.6 is 0 Å². The average molecular weight is 382 g/mol. The van der Waals surface area contributed by atoms with Gasteiger partial charge in [0.05, 0.1) is 23.4 Å². The molecule has 0 aliphatic carbocycles. The van der Waals surface area contributed by atoms with Crippen molar-refractivity contribution in [1.82, 2.24) is 4.57 Å². The van der Waals surface area contributed by atoms with Gasteiger partial charge in [0, 0.05) is 29.6 Å². The number of ether oxygens (including phenoxy) is 1. The summed E-state index contributed by atoms with van der Waals surface area (Å²) in [6, 6.07) is 10.5. The predicted octanol–water partition coefficient (Wildman–Crippen LogP) is 1.11. The monoisotopic (exact) mass is 382 g/mol. The van der Waals surface area contributed by atoms with Gasteiger partial charge in [0.25, 0.3) is 11.2 Å². The number of nitro benzene ring substituents is 1. The molecule has 28 heavy (non-hydrogen) atoms. The minimum Gasteiger partial charge on any atom is -0.545 e. The summed E-state index contributed by atoms with van der Waals surface area (Å²) >= 11 is 0. The van der Waals surface area contributed by atoms with Crippen molar-refractivity contribution in [3.8, 4) is 5.75 Å². The van der Waals surface area contributed by atoms with Crippen LogP contribution in [0.3, 0.4) is 0 Å². The average Bonchev–Trinajstić information content (AvgIpc) is 2.67. The van der Waals surface area contributed by atoms with E-state index in [1.807, 2.05) is 6.07 Å². The Kier molecular flexibility index (Phi) is 4.99. The number of carbonyl (C=O) groups excluding carboxylic acids is 1. The molecule has 0 atom stereocenters. The third-order valence-corrected chi connectivity index (χ3v) is 4.47. The zero-order chi connectivity index (χ0) is 20.4. The molecule has 3 rings (SSSR count). The lowest BCUT2D eigenvalue weighted by Gasteiger charge is -2.17. The predicted molar refractivity (Wildman–Crippen MR) is 100 cm³/mol. The first kappa shape index (κ1) is 18.9.